The summed E-state index contributed by atoms with van der Waals surface area (Å²) >= 11 is 5.79. The molecule has 2 heterocycles. The Balaban J connectivity index is 1.50. The zero-order valence-electron chi connectivity index (χ0n) is 14.8. The molecule has 5 nitrogen and oxygen atoms in total. The van der Waals surface area contributed by atoms with Gasteiger partial charge in [0.1, 0.15) is 11.8 Å². The van der Waals surface area contributed by atoms with Crippen LogP contribution in [0.25, 0.3) is 10.9 Å². The summed E-state index contributed by atoms with van der Waals surface area (Å²) in [4.78, 5) is 28.8. The lowest BCUT2D eigenvalue weighted by molar-refractivity contribution is 0.0489. The van der Waals surface area contributed by atoms with Crippen molar-refractivity contribution in [3.05, 3.63) is 64.6 Å². The van der Waals surface area contributed by atoms with Crippen molar-refractivity contribution in [1.29, 1.82) is 0 Å². The lowest BCUT2D eigenvalue weighted by atomic mass is 9.95. The third kappa shape index (κ3) is 3.47. The Bertz CT molecular complexity index is 1030. The van der Waals surface area contributed by atoms with Crippen molar-refractivity contribution >= 4 is 34.4 Å². The van der Waals surface area contributed by atoms with E-state index < -0.39 is 5.97 Å². The summed E-state index contributed by atoms with van der Waals surface area (Å²) < 4.78 is 7.07. The molecule has 0 spiro atoms. The fourth-order valence-corrected chi connectivity index (χ4v) is 3.91. The molecule has 27 heavy (non-hydrogen) atoms. The summed E-state index contributed by atoms with van der Waals surface area (Å²) in [5, 5.41) is 1.38. The summed E-state index contributed by atoms with van der Waals surface area (Å²) in [5.41, 5.74) is 3.67. The average molecular weight is 383 g/mol. The van der Waals surface area contributed by atoms with Gasteiger partial charge < -0.3 is 4.74 Å². The number of benzene rings is 1. The van der Waals surface area contributed by atoms with Crippen LogP contribution in [0.15, 0.2) is 42.6 Å². The van der Waals surface area contributed by atoms with Gasteiger partial charge in [0.2, 0.25) is 5.91 Å². The molecule has 1 aromatic carbocycles. The van der Waals surface area contributed by atoms with Gasteiger partial charge in [-0.05, 0) is 49.4 Å². The molecule has 1 aliphatic carbocycles. The molecule has 0 amide bonds. The van der Waals surface area contributed by atoms with E-state index in [-0.39, 0.29) is 24.1 Å². The Morgan fingerprint density at radius 3 is 2.81 bits per heavy atom. The number of carbonyl (C=O) groups excluding carboxylic acids is 2. The molecule has 0 N–H and O–H groups in total. The summed E-state index contributed by atoms with van der Waals surface area (Å²) in [6.45, 7) is 0.0267. The van der Waals surface area contributed by atoms with Crippen LogP contribution >= 0.6 is 11.6 Å². The highest BCUT2D eigenvalue weighted by Crippen LogP contribution is 2.32. The molecule has 0 radical (unpaired) electrons. The lowest BCUT2D eigenvalue weighted by Gasteiger charge is -2.15. The van der Waals surface area contributed by atoms with Crippen molar-refractivity contribution < 1.29 is 14.3 Å². The smallest absolute Gasteiger partial charge is 0.338 e. The van der Waals surface area contributed by atoms with Gasteiger partial charge in [-0.25, -0.2) is 9.78 Å². The number of hydrogen-bond acceptors (Lipinski definition) is 4. The summed E-state index contributed by atoms with van der Waals surface area (Å²) in [6, 6.07) is 11.0. The number of fused-ring (bicyclic) bond motifs is 3. The number of aromatic nitrogens is 2. The minimum Gasteiger partial charge on any atom is -0.462 e. The number of aryl methyl sites for hydroxylation is 1. The number of rotatable bonds is 4. The first-order valence-electron chi connectivity index (χ1n) is 9.08. The highest BCUT2D eigenvalue weighted by atomic mass is 35.5. The molecular formula is C21H19ClN2O3. The van der Waals surface area contributed by atoms with Gasteiger partial charge in [-0.3, -0.25) is 9.36 Å². The molecule has 6 heteroatoms. The zero-order chi connectivity index (χ0) is 18.8. The van der Waals surface area contributed by atoms with Crippen LogP contribution < -0.4 is 0 Å². The van der Waals surface area contributed by atoms with Gasteiger partial charge in [-0.1, -0.05) is 29.8 Å². The minimum atomic E-state index is -0.508. The topological polar surface area (TPSA) is 61.2 Å². The normalized spacial score (nSPS) is 13.4. The van der Waals surface area contributed by atoms with E-state index in [2.05, 4.69) is 11.1 Å². The molecule has 0 saturated heterocycles. The molecule has 0 unspecified atom stereocenters. The van der Waals surface area contributed by atoms with E-state index in [9.17, 15) is 9.59 Å². The Labute approximate surface area is 161 Å². The molecular weight excluding hydrogens is 364 g/mol. The Morgan fingerprint density at radius 2 is 1.96 bits per heavy atom. The van der Waals surface area contributed by atoms with E-state index in [0.29, 0.717) is 5.56 Å². The molecule has 138 valence electrons. The van der Waals surface area contributed by atoms with Crippen LogP contribution in [0.1, 0.15) is 45.7 Å². The average Bonchev–Trinajstić information content (AvgIpc) is 3.02. The number of hydrogen-bond donors (Lipinski definition) is 0. The number of halogens is 1. The van der Waals surface area contributed by atoms with Crippen LogP contribution in [-0.2, 0) is 17.6 Å². The summed E-state index contributed by atoms with van der Waals surface area (Å²) in [5.74, 6) is -0.554. The van der Waals surface area contributed by atoms with Crippen LogP contribution in [0.2, 0.25) is 5.15 Å². The van der Waals surface area contributed by atoms with Gasteiger partial charge in [-0.15, -0.1) is 0 Å². The van der Waals surface area contributed by atoms with Crippen LogP contribution in [0, 0.1) is 0 Å². The van der Waals surface area contributed by atoms with Crippen molar-refractivity contribution in [3.63, 3.8) is 0 Å². The predicted molar refractivity (Wildman–Crippen MR) is 103 cm³/mol. The molecule has 4 rings (SSSR count). The Kier molecular flexibility index (Phi) is 4.94. The van der Waals surface area contributed by atoms with Gasteiger partial charge in [0.05, 0.1) is 17.5 Å². The highest BCUT2D eigenvalue weighted by Gasteiger charge is 2.23. The number of ether oxygens (including phenoxy) is 1. The van der Waals surface area contributed by atoms with Crippen molar-refractivity contribution in [3.8, 4) is 0 Å². The monoisotopic (exact) mass is 382 g/mol. The number of esters is 1. The minimum absolute atomic E-state index is 0.0267. The Hall–Kier alpha value is -2.66. The maximum atomic E-state index is 12.9. The fraction of sp³-hybridized carbons (Fsp3) is 0.286. The van der Waals surface area contributed by atoms with Crippen LogP contribution in [0.3, 0.4) is 0 Å². The molecule has 0 aliphatic heterocycles. The second-order valence-corrected chi connectivity index (χ2v) is 7.02. The standard InChI is InChI=1S/C21H19ClN2O3/c22-19-13-14(9-11-23-19)21(26)27-12-10-20(25)24-17-7-3-1-5-15(17)16-6-2-4-8-18(16)24/h1,3,5,7,9,11,13H,2,4,6,8,10,12H2. The fourth-order valence-electron chi connectivity index (χ4n) is 3.74. The highest BCUT2D eigenvalue weighted by molar-refractivity contribution is 6.29. The number of nitrogens with zero attached hydrogens (tertiary/aromatic N) is 2. The maximum Gasteiger partial charge on any atom is 0.338 e. The van der Waals surface area contributed by atoms with E-state index in [1.165, 1.54) is 23.9 Å². The van der Waals surface area contributed by atoms with Crippen molar-refractivity contribution in [2.45, 2.75) is 32.1 Å². The third-order valence-corrected chi connectivity index (χ3v) is 5.15. The van der Waals surface area contributed by atoms with E-state index in [1.54, 1.807) is 0 Å². The van der Waals surface area contributed by atoms with Crippen LogP contribution in [-0.4, -0.2) is 28.0 Å². The van der Waals surface area contributed by atoms with Crippen LogP contribution in [0.5, 0.6) is 0 Å². The maximum absolute atomic E-state index is 12.9. The molecule has 3 aromatic rings. The lowest BCUT2D eigenvalue weighted by Crippen LogP contribution is -2.19. The van der Waals surface area contributed by atoms with Gasteiger partial charge in [0.25, 0.3) is 0 Å². The first-order valence-corrected chi connectivity index (χ1v) is 9.46. The summed E-state index contributed by atoms with van der Waals surface area (Å²) in [7, 11) is 0. The molecule has 0 bridgehead atoms. The quantitative estimate of drug-likeness (QED) is 0.494. The number of carbonyl (C=O) groups is 2. The zero-order valence-corrected chi connectivity index (χ0v) is 15.5. The third-order valence-electron chi connectivity index (χ3n) is 4.94. The van der Waals surface area contributed by atoms with Crippen molar-refractivity contribution in [1.82, 2.24) is 9.55 Å². The van der Waals surface area contributed by atoms with E-state index in [4.69, 9.17) is 16.3 Å². The molecule has 0 saturated carbocycles. The number of para-hydroxylation sites is 1. The second kappa shape index (κ2) is 7.53. The SMILES string of the molecule is O=C(OCCC(=O)n1c2c(c3ccccc31)CCCC2)c1ccnc(Cl)c1. The molecule has 2 aromatic heterocycles. The van der Waals surface area contributed by atoms with Crippen LogP contribution in [0.4, 0.5) is 0 Å². The first kappa shape index (κ1) is 17.7. The van der Waals surface area contributed by atoms with Crippen molar-refractivity contribution in [2.24, 2.45) is 0 Å². The largest absolute Gasteiger partial charge is 0.462 e. The van der Waals surface area contributed by atoms with Crippen molar-refractivity contribution in [2.75, 3.05) is 6.61 Å². The van der Waals surface area contributed by atoms with E-state index in [0.717, 1.165) is 42.3 Å². The van der Waals surface area contributed by atoms with Gasteiger partial charge >= 0.3 is 5.97 Å². The summed E-state index contributed by atoms with van der Waals surface area (Å²) in [6.07, 6.45) is 5.74. The molecule has 0 atom stereocenters. The number of pyridine rings is 1. The molecule has 0 fully saturated rings. The van der Waals surface area contributed by atoms with E-state index >= 15 is 0 Å². The molecule has 1 aliphatic rings. The second-order valence-electron chi connectivity index (χ2n) is 6.63. The van der Waals surface area contributed by atoms with Gasteiger partial charge in [-0.2, -0.15) is 0 Å². The van der Waals surface area contributed by atoms with Gasteiger partial charge in [0.15, 0.2) is 0 Å². The Morgan fingerprint density at radius 1 is 1.15 bits per heavy atom. The predicted octanol–water partition coefficient (Wildman–Crippen LogP) is 4.46. The van der Waals surface area contributed by atoms with Gasteiger partial charge in [0, 0.05) is 17.3 Å². The van der Waals surface area contributed by atoms with E-state index in [1.807, 2.05) is 22.8 Å². The first-order chi connectivity index (χ1) is 13.1.